The van der Waals surface area contributed by atoms with Gasteiger partial charge in [-0.3, -0.25) is 0 Å². The number of hydrogen-bond acceptors (Lipinski definition) is 3. The molecule has 0 aliphatic rings. The smallest absolute Gasteiger partial charge is 0.191 e. The predicted octanol–water partition coefficient (Wildman–Crippen LogP) is 2.00. The zero-order valence-electron chi connectivity index (χ0n) is 13.1. The van der Waals surface area contributed by atoms with Gasteiger partial charge < -0.3 is 15.5 Å². The number of unbranched alkanes of at least 4 members (excludes halogenated alkanes) is 1. The molecule has 20 heavy (non-hydrogen) atoms. The minimum Gasteiger partial charge on any atom is -0.362 e. The lowest BCUT2D eigenvalue weighted by Crippen LogP contribution is -2.37. The van der Waals surface area contributed by atoms with Crippen molar-refractivity contribution in [1.29, 1.82) is 0 Å². The molecule has 0 radical (unpaired) electrons. The van der Waals surface area contributed by atoms with E-state index in [9.17, 15) is 0 Å². The molecular formula is C15H27N5. The van der Waals surface area contributed by atoms with Gasteiger partial charge in [0.1, 0.15) is 5.82 Å². The van der Waals surface area contributed by atoms with Crippen LogP contribution in [0.4, 0.5) is 5.82 Å². The van der Waals surface area contributed by atoms with Crippen molar-refractivity contribution < 1.29 is 0 Å². The maximum Gasteiger partial charge on any atom is 0.191 e. The van der Waals surface area contributed by atoms with E-state index in [0.717, 1.165) is 36.9 Å². The number of pyridine rings is 1. The lowest BCUT2D eigenvalue weighted by molar-refractivity contribution is 0.730. The van der Waals surface area contributed by atoms with Crippen LogP contribution in [0.25, 0.3) is 0 Å². The predicted molar refractivity (Wildman–Crippen MR) is 86.3 cm³/mol. The molecule has 2 N–H and O–H groups in total. The van der Waals surface area contributed by atoms with E-state index in [4.69, 9.17) is 0 Å². The number of nitrogens with zero attached hydrogens (tertiary/aromatic N) is 3. The minimum atomic E-state index is 0.628. The van der Waals surface area contributed by atoms with Gasteiger partial charge in [-0.25, -0.2) is 9.98 Å². The number of anilines is 1. The zero-order valence-corrected chi connectivity index (χ0v) is 13.1. The highest BCUT2D eigenvalue weighted by Crippen LogP contribution is 2.15. The average molecular weight is 277 g/mol. The third-order valence-electron chi connectivity index (χ3n) is 2.87. The quantitative estimate of drug-likeness (QED) is 0.455. The summed E-state index contributed by atoms with van der Waals surface area (Å²) < 4.78 is 0. The summed E-state index contributed by atoms with van der Waals surface area (Å²) in [7, 11) is 4.00. The molecule has 0 unspecified atom stereocenters. The Morgan fingerprint density at radius 3 is 2.75 bits per heavy atom. The Balaban J connectivity index is 2.71. The molecule has 0 saturated heterocycles. The van der Waals surface area contributed by atoms with Crippen molar-refractivity contribution in [3.63, 3.8) is 0 Å². The van der Waals surface area contributed by atoms with Gasteiger partial charge in [-0.2, -0.15) is 0 Å². The molecule has 0 saturated carbocycles. The zero-order chi connectivity index (χ0) is 14.8. The van der Waals surface area contributed by atoms with E-state index in [1.54, 1.807) is 0 Å². The standard InChI is InChI=1S/C15H27N5/c1-5-7-10-18-15(16-6-2)19-12-13-9-8-11-17-14(13)20(3)4/h8-9,11H,5-7,10,12H2,1-4H3,(H2,16,18,19). The van der Waals surface area contributed by atoms with E-state index in [1.807, 2.05) is 31.3 Å². The normalized spacial score (nSPS) is 11.3. The third-order valence-corrected chi connectivity index (χ3v) is 2.87. The minimum absolute atomic E-state index is 0.628. The van der Waals surface area contributed by atoms with Crippen molar-refractivity contribution >= 4 is 11.8 Å². The molecule has 1 aromatic rings. The molecule has 112 valence electrons. The van der Waals surface area contributed by atoms with Gasteiger partial charge in [0.2, 0.25) is 0 Å². The molecule has 0 amide bonds. The maximum absolute atomic E-state index is 4.63. The van der Waals surface area contributed by atoms with Crippen molar-refractivity contribution in [2.45, 2.75) is 33.2 Å². The van der Waals surface area contributed by atoms with E-state index in [2.05, 4.69) is 40.5 Å². The highest BCUT2D eigenvalue weighted by atomic mass is 15.2. The number of aliphatic imine (C=N–C) groups is 1. The molecule has 0 atom stereocenters. The molecule has 0 aromatic carbocycles. The van der Waals surface area contributed by atoms with Crippen molar-refractivity contribution in [2.75, 3.05) is 32.1 Å². The fourth-order valence-electron chi connectivity index (χ4n) is 1.85. The molecule has 1 rings (SSSR count). The van der Waals surface area contributed by atoms with Crippen LogP contribution in [-0.2, 0) is 6.54 Å². The van der Waals surface area contributed by atoms with Gasteiger partial charge in [-0.1, -0.05) is 19.4 Å². The number of rotatable bonds is 7. The summed E-state index contributed by atoms with van der Waals surface area (Å²) >= 11 is 0. The van der Waals surface area contributed by atoms with Crippen LogP contribution < -0.4 is 15.5 Å². The first-order valence-corrected chi connectivity index (χ1v) is 7.32. The summed E-state index contributed by atoms with van der Waals surface area (Å²) in [6, 6.07) is 4.02. The largest absolute Gasteiger partial charge is 0.362 e. The van der Waals surface area contributed by atoms with Gasteiger partial charge in [0, 0.05) is 38.9 Å². The van der Waals surface area contributed by atoms with Crippen molar-refractivity contribution in [1.82, 2.24) is 15.6 Å². The van der Waals surface area contributed by atoms with Crippen LogP contribution in [0.2, 0.25) is 0 Å². The number of aromatic nitrogens is 1. The van der Waals surface area contributed by atoms with Gasteiger partial charge in [0.05, 0.1) is 6.54 Å². The Morgan fingerprint density at radius 1 is 1.30 bits per heavy atom. The van der Waals surface area contributed by atoms with Crippen molar-refractivity contribution in [3.8, 4) is 0 Å². The summed E-state index contributed by atoms with van der Waals surface area (Å²) in [5.41, 5.74) is 1.13. The fraction of sp³-hybridized carbons (Fsp3) is 0.600. The van der Waals surface area contributed by atoms with Gasteiger partial charge in [-0.15, -0.1) is 0 Å². The first kappa shape index (κ1) is 16.3. The Bertz CT molecular complexity index is 414. The number of nitrogens with one attached hydrogen (secondary N) is 2. The van der Waals surface area contributed by atoms with E-state index < -0.39 is 0 Å². The van der Waals surface area contributed by atoms with Crippen LogP contribution in [0, 0.1) is 0 Å². The summed E-state index contributed by atoms with van der Waals surface area (Å²) in [5.74, 6) is 1.84. The van der Waals surface area contributed by atoms with Crippen LogP contribution in [0.3, 0.4) is 0 Å². The first-order valence-electron chi connectivity index (χ1n) is 7.32. The SMILES string of the molecule is CCCCNC(=NCc1cccnc1N(C)C)NCC. The first-order chi connectivity index (χ1) is 9.69. The lowest BCUT2D eigenvalue weighted by atomic mass is 10.2. The highest BCUT2D eigenvalue weighted by molar-refractivity contribution is 5.79. The number of guanidine groups is 1. The lowest BCUT2D eigenvalue weighted by Gasteiger charge is -2.15. The van der Waals surface area contributed by atoms with Gasteiger partial charge in [-0.05, 0) is 19.4 Å². The summed E-state index contributed by atoms with van der Waals surface area (Å²) in [6.45, 7) is 6.71. The number of hydrogen-bond donors (Lipinski definition) is 2. The maximum atomic E-state index is 4.63. The van der Waals surface area contributed by atoms with Crippen LogP contribution in [0.15, 0.2) is 23.3 Å². The second kappa shape index (κ2) is 9.18. The van der Waals surface area contributed by atoms with Gasteiger partial charge >= 0.3 is 0 Å². The highest BCUT2D eigenvalue weighted by Gasteiger charge is 2.05. The van der Waals surface area contributed by atoms with E-state index in [0.29, 0.717) is 6.54 Å². The molecule has 1 heterocycles. The molecule has 0 spiro atoms. The molecule has 1 aromatic heterocycles. The molecular weight excluding hydrogens is 250 g/mol. The van der Waals surface area contributed by atoms with E-state index in [1.165, 1.54) is 6.42 Å². The molecule has 5 heteroatoms. The monoisotopic (exact) mass is 277 g/mol. The van der Waals surface area contributed by atoms with Gasteiger partial charge in [0.25, 0.3) is 0 Å². The van der Waals surface area contributed by atoms with Gasteiger partial charge in [0.15, 0.2) is 5.96 Å². The average Bonchev–Trinajstić information content (AvgIpc) is 2.45. The topological polar surface area (TPSA) is 52.6 Å². The molecule has 0 aliphatic heterocycles. The van der Waals surface area contributed by atoms with Crippen LogP contribution in [-0.4, -0.2) is 38.1 Å². The Morgan fingerprint density at radius 2 is 2.10 bits per heavy atom. The Hall–Kier alpha value is -1.78. The van der Waals surface area contributed by atoms with Crippen LogP contribution in [0.5, 0.6) is 0 Å². The third kappa shape index (κ3) is 5.47. The fourth-order valence-corrected chi connectivity index (χ4v) is 1.85. The summed E-state index contributed by atoms with van der Waals surface area (Å²) in [6.07, 6.45) is 4.15. The summed E-state index contributed by atoms with van der Waals surface area (Å²) in [5, 5.41) is 6.61. The van der Waals surface area contributed by atoms with Crippen LogP contribution >= 0.6 is 0 Å². The van der Waals surface area contributed by atoms with Crippen molar-refractivity contribution in [3.05, 3.63) is 23.9 Å². The molecule has 5 nitrogen and oxygen atoms in total. The second-order valence-electron chi connectivity index (χ2n) is 4.86. The molecule has 0 bridgehead atoms. The molecule has 0 aliphatic carbocycles. The summed E-state index contributed by atoms with van der Waals surface area (Å²) in [4.78, 5) is 11.0. The van der Waals surface area contributed by atoms with E-state index >= 15 is 0 Å². The Kier molecular flexibility index (Phi) is 7.47. The molecule has 0 fully saturated rings. The van der Waals surface area contributed by atoms with E-state index in [-0.39, 0.29) is 0 Å². The van der Waals surface area contributed by atoms with Crippen molar-refractivity contribution in [2.24, 2.45) is 4.99 Å². The Labute approximate surface area is 122 Å². The van der Waals surface area contributed by atoms with Crippen LogP contribution in [0.1, 0.15) is 32.3 Å². The second-order valence-corrected chi connectivity index (χ2v) is 4.86.